The summed E-state index contributed by atoms with van der Waals surface area (Å²) in [6.07, 6.45) is 0. The molecule has 0 atom stereocenters. The first-order valence-corrected chi connectivity index (χ1v) is 8.66. The first-order valence-electron chi connectivity index (χ1n) is 7.90. The summed E-state index contributed by atoms with van der Waals surface area (Å²) in [5.41, 5.74) is 2.24. The maximum absolute atomic E-state index is 12.2. The lowest BCUT2D eigenvalue weighted by atomic mass is 10.2. The summed E-state index contributed by atoms with van der Waals surface area (Å²) in [6.45, 7) is 0.0653. The maximum Gasteiger partial charge on any atom is 0.340 e. The van der Waals surface area contributed by atoms with Crippen LogP contribution in [0.15, 0.2) is 42.5 Å². The zero-order valence-electron chi connectivity index (χ0n) is 14.8. The molecule has 0 bridgehead atoms. The average Bonchev–Trinajstić information content (AvgIpc) is 2.59. The van der Waals surface area contributed by atoms with E-state index in [1.54, 1.807) is 7.05 Å². The Bertz CT molecular complexity index is 792. The molecule has 2 aromatic carbocycles. The van der Waals surface area contributed by atoms with E-state index >= 15 is 0 Å². The maximum atomic E-state index is 12.2. The number of carbonyl (C=O) groups is 2. The van der Waals surface area contributed by atoms with Crippen LogP contribution in [0.3, 0.4) is 0 Å². The van der Waals surface area contributed by atoms with Gasteiger partial charge in [0.15, 0.2) is 6.61 Å². The van der Waals surface area contributed by atoms with Crippen LogP contribution >= 0.6 is 23.2 Å². The van der Waals surface area contributed by atoms with Crippen molar-refractivity contribution in [1.29, 1.82) is 0 Å². The Hall–Kier alpha value is -2.24. The Morgan fingerprint density at radius 1 is 1.00 bits per heavy atom. The molecular formula is C19H20Cl2N2O3. The van der Waals surface area contributed by atoms with Crippen LogP contribution in [0, 0.1) is 0 Å². The Kier molecular flexibility index (Phi) is 6.89. The molecular weight excluding hydrogens is 375 g/mol. The van der Waals surface area contributed by atoms with Crippen molar-refractivity contribution in [3.63, 3.8) is 0 Å². The number of halogens is 2. The fourth-order valence-corrected chi connectivity index (χ4v) is 2.72. The second kappa shape index (κ2) is 8.92. The Balaban J connectivity index is 1.89. The summed E-state index contributed by atoms with van der Waals surface area (Å²) in [5.74, 6) is -0.969. The number of likely N-dealkylation sites (N-methyl/N-ethyl adjacent to an activating group) is 1. The van der Waals surface area contributed by atoms with E-state index in [9.17, 15) is 9.59 Å². The fourth-order valence-electron chi connectivity index (χ4n) is 2.23. The van der Waals surface area contributed by atoms with Gasteiger partial charge in [0.05, 0.1) is 10.6 Å². The Morgan fingerprint density at radius 2 is 1.65 bits per heavy atom. The van der Waals surface area contributed by atoms with Gasteiger partial charge in [-0.3, -0.25) is 4.79 Å². The van der Waals surface area contributed by atoms with Crippen molar-refractivity contribution in [3.8, 4) is 0 Å². The van der Waals surface area contributed by atoms with Gasteiger partial charge in [-0.25, -0.2) is 4.79 Å². The summed E-state index contributed by atoms with van der Waals surface area (Å²) in [6, 6.07) is 12.3. The van der Waals surface area contributed by atoms with E-state index in [1.807, 2.05) is 43.3 Å². The minimum absolute atomic E-state index is 0.172. The Labute approximate surface area is 163 Å². The predicted octanol–water partition coefficient (Wildman–Crippen LogP) is 3.87. The van der Waals surface area contributed by atoms with Crippen molar-refractivity contribution in [1.82, 2.24) is 4.90 Å². The number of carbonyl (C=O) groups excluding carboxylic acids is 2. The number of hydrogen-bond donors (Lipinski definition) is 0. The highest BCUT2D eigenvalue weighted by Gasteiger charge is 2.16. The van der Waals surface area contributed by atoms with Gasteiger partial charge >= 0.3 is 5.97 Å². The number of anilines is 1. The van der Waals surface area contributed by atoms with Crippen LogP contribution < -0.4 is 4.90 Å². The predicted molar refractivity (Wildman–Crippen MR) is 104 cm³/mol. The first-order chi connectivity index (χ1) is 12.3. The summed E-state index contributed by atoms with van der Waals surface area (Å²) < 4.78 is 5.06. The highest BCUT2D eigenvalue weighted by Crippen LogP contribution is 2.21. The molecule has 2 aromatic rings. The summed E-state index contributed by atoms with van der Waals surface area (Å²) >= 11 is 11.8. The summed E-state index contributed by atoms with van der Waals surface area (Å²) in [5, 5.41) is 0.604. The molecule has 0 aliphatic heterocycles. The molecule has 5 nitrogen and oxygen atoms in total. The standard InChI is InChI=1S/C19H20Cl2N2O3/c1-22(2)15-7-4-13(5-8-15)11-23(3)18(24)12-26-19(25)16-9-6-14(20)10-17(16)21/h4-10H,11-12H2,1-3H3. The fraction of sp³-hybridized carbons (Fsp3) is 0.263. The molecule has 0 aliphatic rings. The highest BCUT2D eigenvalue weighted by atomic mass is 35.5. The molecule has 0 saturated heterocycles. The molecule has 0 aliphatic carbocycles. The summed E-state index contributed by atoms with van der Waals surface area (Å²) in [4.78, 5) is 27.7. The van der Waals surface area contributed by atoms with Gasteiger partial charge in [0.1, 0.15) is 0 Å². The zero-order chi connectivity index (χ0) is 19.3. The number of amides is 1. The third kappa shape index (κ3) is 5.38. The average molecular weight is 395 g/mol. The van der Waals surface area contributed by atoms with Gasteiger partial charge in [0, 0.05) is 38.4 Å². The normalized spacial score (nSPS) is 10.3. The van der Waals surface area contributed by atoms with Gasteiger partial charge in [-0.1, -0.05) is 35.3 Å². The summed E-state index contributed by atoms with van der Waals surface area (Å²) in [7, 11) is 5.59. The molecule has 0 fully saturated rings. The zero-order valence-corrected chi connectivity index (χ0v) is 16.3. The molecule has 0 unspecified atom stereocenters. The number of rotatable bonds is 6. The lowest BCUT2D eigenvalue weighted by Gasteiger charge is -2.18. The third-order valence-corrected chi connectivity index (χ3v) is 4.32. The molecule has 0 N–H and O–H groups in total. The van der Waals surface area contributed by atoms with Crippen LogP contribution in [0.2, 0.25) is 10.0 Å². The molecule has 0 aromatic heterocycles. The van der Waals surface area contributed by atoms with Crippen LogP contribution in [0.1, 0.15) is 15.9 Å². The molecule has 138 valence electrons. The van der Waals surface area contributed by atoms with E-state index in [2.05, 4.69) is 0 Å². The number of nitrogens with zero attached hydrogens (tertiary/aromatic N) is 2. The van der Waals surface area contributed by atoms with Gasteiger partial charge in [0.25, 0.3) is 5.91 Å². The van der Waals surface area contributed by atoms with Crippen molar-refractivity contribution < 1.29 is 14.3 Å². The van der Waals surface area contributed by atoms with Crippen molar-refractivity contribution >= 4 is 40.8 Å². The van der Waals surface area contributed by atoms with E-state index < -0.39 is 5.97 Å². The van der Waals surface area contributed by atoms with E-state index in [1.165, 1.54) is 23.1 Å². The number of hydrogen-bond acceptors (Lipinski definition) is 4. The smallest absolute Gasteiger partial charge is 0.340 e. The van der Waals surface area contributed by atoms with Crippen LogP contribution in [0.25, 0.3) is 0 Å². The van der Waals surface area contributed by atoms with E-state index in [0.717, 1.165) is 11.3 Å². The van der Waals surface area contributed by atoms with Gasteiger partial charge in [-0.2, -0.15) is 0 Å². The molecule has 1 amide bonds. The van der Waals surface area contributed by atoms with Gasteiger partial charge in [-0.15, -0.1) is 0 Å². The molecule has 0 radical (unpaired) electrons. The number of ether oxygens (including phenoxy) is 1. The van der Waals surface area contributed by atoms with Crippen molar-refractivity contribution in [2.24, 2.45) is 0 Å². The van der Waals surface area contributed by atoms with Crippen molar-refractivity contribution in [3.05, 3.63) is 63.6 Å². The SMILES string of the molecule is CN(Cc1ccc(N(C)C)cc1)C(=O)COC(=O)c1ccc(Cl)cc1Cl. The second-order valence-corrected chi connectivity index (χ2v) is 6.85. The largest absolute Gasteiger partial charge is 0.452 e. The quantitative estimate of drug-likeness (QED) is 0.697. The lowest BCUT2D eigenvalue weighted by Crippen LogP contribution is -2.30. The molecule has 26 heavy (non-hydrogen) atoms. The minimum atomic E-state index is -0.663. The third-order valence-electron chi connectivity index (χ3n) is 3.78. The van der Waals surface area contributed by atoms with Crippen LogP contribution in [0.5, 0.6) is 0 Å². The molecule has 2 rings (SSSR count). The molecule has 0 saturated carbocycles. The number of benzene rings is 2. The molecule has 7 heteroatoms. The van der Waals surface area contributed by atoms with Crippen molar-refractivity contribution in [2.45, 2.75) is 6.54 Å². The molecule has 0 spiro atoms. The second-order valence-electron chi connectivity index (χ2n) is 6.01. The van der Waals surface area contributed by atoms with Gasteiger partial charge < -0.3 is 14.5 Å². The van der Waals surface area contributed by atoms with Gasteiger partial charge in [0.2, 0.25) is 0 Å². The first kappa shape index (κ1) is 20.1. The monoisotopic (exact) mass is 394 g/mol. The Morgan fingerprint density at radius 3 is 2.23 bits per heavy atom. The van der Waals surface area contributed by atoms with Crippen LogP contribution in [0.4, 0.5) is 5.69 Å². The van der Waals surface area contributed by atoms with Gasteiger partial charge in [-0.05, 0) is 35.9 Å². The van der Waals surface area contributed by atoms with E-state index in [4.69, 9.17) is 27.9 Å². The minimum Gasteiger partial charge on any atom is -0.452 e. The topological polar surface area (TPSA) is 49.9 Å². The van der Waals surface area contributed by atoms with Crippen LogP contribution in [-0.4, -0.2) is 44.5 Å². The molecule has 0 heterocycles. The van der Waals surface area contributed by atoms with Crippen LogP contribution in [-0.2, 0) is 16.1 Å². The highest BCUT2D eigenvalue weighted by molar-refractivity contribution is 6.36. The van der Waals surface area contributed by atoms with E-state index in [-0.39, 0.29) is 23.1 Å². The van der Waals surface area contributed by atoms with E-state index in [0.29, 0.717) is 11.6 Å². The lowest BCUT2D eigenvalue weighted by molar-refractivity contribution is -0.133. The van der Waals surface area contributed by atoms with Crippen molar-refractivity contribution in [2.75, 3.05) is 32.6 Å². The number of esters is 1.